The zero-order chi connectivity index (χ0) is 11.1. The van der Waals surface area contributed by atoms with Gasteiger partial charge in [0.2, 0.25) is 0 Å². The molecule has 2 aromatic rings. The van der Waals surface area contributed by atoms with Crippen molar-refractivity contribution in [3.05, 3.63) is 56.5 Å². The summed E-state index contributed by atoms with van der Waals surface area (Å²) in [6, 6.07) is 12.3. The SMILES string of the molecule is Brc1ccc2c(c1)Oc1cc(Br)ccc1C2. The lowest BCUT2D eigenvalue weighted by atomic mass is 10.0. The molecule has 0 radical (unpaired) electrons. The smallest absolute Gasteiger partial charge is 0.132 e. The first-order chi connectivity index (χ1) is 7.72. The maximum atomic E-state index is 5.88. The second kappa shape index (κ2) is 3.90. The lowest BCUT2D eigenvalue weighted by Crippen LogP contribution is -2.02. The van der Waals surface area contributed by atoms with Gasteiger partial charge in [-0.25, -0.2) is 0 Å². The van der Waals surface area contributed by atoms with E-state index >= 15 is 0 Å². The number of fused-ring (bicyclic) bond motifs is 2. The van der Waals surface area contributed by atoms with Gasteiger partial charge in [0.05, 0.1) is 0 Å². The third-order valence-electron chi connectivity index (χ3n) is 2.66. The highest BCUT2D eigenvalue weighted by molar-refractivity contribution is 9.10. The van der Waals surface area contributed by atoms with E-state index < -0.39 is 0 Å². The van der Waals surface area contributed by atoms with Crippen LogP contribution in [0.1, 0.15) is 11.1 Å². The number of rotatable bonds is 0. The molecule has 0 spiro atoms. The molecular formula is C13H8Br2O. The van der Waals surface area contributed by atoms with Crippen LogP contribution in [0.5, 0.6) is 11.5 Å². The minimum absolute atomic E-state index is 0.936. The zero-order valence-electron chi connectivity index (χ0n) is 8.34. The van der Waals surface area contributed by atoms with Crippen molar-refractivity contribution in [1.29, 1.82) is 0 Å². The Morgan fingerprint density at radius 3 is 1.81 bits per heavy atom. The average molecular weight is 340 g/mol. The summed E-state index contributed by atoms with van der Waals surface area (Å²) in [6.07, 6.45) is 0.936. The van der Waals surface area contributed by atoms with Crippen molar-refractivity contribution in [2.75, 3.05) is 0 Å². The summed E-state index contributed by atoms with van der Waals surface area (Å²) in [7, 11) is 0. The van der Waals surface area contributed by atoms with E-state index in [0.717, 1.165) is 26.9 Å². The van der Waals surface area contributed by atoms with E-state index in [4.69, 9.17) is 4.74 Å². The molecule has 1 nitrogen and oxygen atoms in total. The fraction of sp³-hybridized carbons (Fsp3) is 0.0769. The largest absolute Gasteiger partial charge is 0.457 e. The summed E-state index contributed by atoms with van der Waals surface area (Å²) in [4.78, 5) is 0. The molecule has 1 heterocycles. The summed E-state index contributed by atoms with van der Waals surface area (Å²) in [5, 5.41) is 0. The number of halogens is 2. The van der Waals surface area contributed by atoms with E-state index in [0.29, 0.717) is 0 Å². The van der Waals surface area contributed by atoms with Gasteiger partial charge >= 0.3 is 0 Å². The summed E-state index contributed by atoms with van der Waals surface area (Å²) in [5.74, 6) is 1.89. The topological polar surface area (TPSA) is 9.23 Å². The highest BCUT2D eigenvalue weighted by Crippen LogP contribution is 2.38. The van der Waals surface area contributed by atoms with Crippen LogP contribution in [0, 0.1) is 0 Å². The monoisotopic (exact) mass is 338 g/mol. The Hall–Kier alpha value is -0.800. The summed E-state index contributed by atoms with van der Waals surface area (Å²) < 4.78 is 7.97. The molecule has 1 aliphatic heterocycles. The van der Waals surface area contributed by atoms with Crippen LogP contribution in [0.4, 0.5) is 0 Å². The van der Waals surface area contributed by atoms with Gasteiger partial charge in [-0.3, -0.25) is 0 Å². The van der Waals surface area contributed by atoms with Crippen LogP contribution < -0.4 is 4.74 Å². The normalized spacial score (nSPS) is 12.6. The molecule has 0 saturated heterocycles. The van der Waals surface area contributed by atoms with Gasteiger partial charge in [0.25, 0.3) is 0 Å². The minimum Gasteiger partial charge on any atom is -0.457 e. The minimum atomic E-state index is 0.936. The molecule has 0 fully saturated rings. The molecule has 0 aromatic heterocycles. The molecule has 2 aromatic carbocycles. The highest BCUT2D eigenvalue weighted by atomic mass is 79.9. The quantitative estimate of drug-likeness (QED) is 0.565. The second-order valence-corrected chi connectivity index (χ2v) is 5.61. The van der Waals surface area contributed by atoms with Crippen molar-refractivity contribution in [2.24, 2.45) is 0 Å². The fourth-order valence-electron chi connectivity index (χ4n) is 1.86. The summed E-state index contributed by atoms with van der Waals surface area (Å²) in [5.41, 5.74) is 2.47. The van der Waals surface area contributed by atoms with Crippen LogP contribution in [0.25, 0.3) is 0 Å². The molecule has 0 amide bonds. The molecule has 0 N–H and O–H groups in total. The van der Waals surface area contributed by atoms with Crippen molar-refractivity contribution in [3.8, 4) is 11.5 Å². The number of hydrogen-bond acceptors (Lipinski definition) is 1. The second-order valence-electron chi connectivity index (χ2n) is 3.78. The Balaban J connectivity index is 2.10. The number of hydrogen-bond donors (Lipinski definition) is 0. The van der Waals surface area contributed by atoms with E-state index in [-0.39, 0.29) is 0 Å². The molecule has 80 valence electrons. The number of benzene rings is 2. The van der Waals surface area contributed by atoms with Gasteiger partial charge in [0.1, 0.15) is 11.5 Å². The van der Waals surface area contributed by atoms with Crippen LogP contribution in [-0.4, -0.2) is 0 Å². The Morgan fingerprint density at radius 2 is 1.31 bits per heavy atom. The zero-order valence-corrected chi connectivity index (χ0v) is 11.5. The van der Waals surface area contributed by atoms with Gasteiger partial charge in [0, 0.05) is 15.4 Å². The third kappa shape index (κ3) is 1.78. The Morgan fingerprint density at radius 1 is 0.812 bits per heavy atom. The molecule has 1 aliphatic rings. The maximum Gasteiger partial charge on any atom is 0.132 e. The molecular weight excluding hydrogens is 332 g/mol. The molecule has 0 saturated carbocycles. The van der Waals surface area contributed by atoms with E-state index in [1.165, 1.54) is 11.1 Å². The van der Waals surface area contributed by atoms with E-state index in [9.17, 15) is 0 Å². The Labute approximate surface area is 111 Å². The van der Waals surface area contributed by atoms with Crippen molar-refractivity contribution in [2.45, 2.75) is 6.42 Å². The van der Waals surface area contributed by atoms with Crippen molar-refractivity contribution < 1.29 is 4.74 Å². The molecule has 16 heavy (non-hydrogen) atoms. The molecule has 0 unspecified atom stereocenters. The van der Waals surface area contributed by atoms with Crippen LogP contribution in [-0.2, 0) is 6.42 Å². The standard InChI is InChI=1S/C13H8Br2O/c14-10-3-1-8-5-9-2-4-11(15)7-13(9)16-12(8)6-10/h1-4,6-7H,5H2. The number of ether oxygens (including phenoxy) is 1. The molecule has 0 atom stereocenters. The predicted molar refractivity (Wildman–Crippen MR) is 71.2 cm³/mol. The Bertz CT molecular complexity index is 514. The van der Waals surface area contributed by atoms with Crippen LogP contribution in [0.2, 0.25) is 0 Å². The maximum absolute atomic E-state index is 5.88. The fourth-order valence-corrected chi connectivity index (χ4v) is 2.54. The average Bonchev–Trinajstić information content (AvgIpc) is 2.26. The lowest BCUT2D eigenvalue weighted by molar-refractivity contribution is 0.459. The van der Waals surface area contributed by atoms with Crippen molar-refractivity contribution in [3.63, 3.8) is 0 Å². The van der Waals surface area contributed by atoms with Crippen LogP contribution in [0.3, 0.4) is 0 Å². The first-order valence-corrected chi connectivity index (χ1v) is 6.56. The first kappa shape index (κ1) is 10.4. The Kier molecular flexibility index (Phi) is 2.52. The van der Waals surface area contributed by atoms with E-state index in [1.54, 1.807) is 0 Å². The van der Waals surface area contributed by atoms with Gasteiger partial charge in [0.15, 0.2) is 0 Å². The highest BCUT2D eigenvalue weighted by Gasteiger charge is 2.16. The van der Waals surface area contributed by atoms with Gasteiger partial charge in [-0.2, -0.15) is 0 Å². The van der Waals surface area contributed by atoms with Gasteiger partial charge in [-0.05, 0) is 35.4 Å². The van der Waals surface area contributed by atoms with Gasteiger partial charge in [-0.15, -0.1) is 0 Å². The van der Waals surface area contributed by atoms with Crippen molar-refractivity contribution >= 4 is 31.9 Å². The predicted octanol–water partition coefficient (Wildman–Crippen LogP) is 4.91. The van der Waals surface area contributed by atoms with E-state index in [1.807, 2.05) is 24.3 Å². The lowest BCUT2D eigenvalue weighted by Gasteiger charge is -2.20. The molecule has 0 aliphatic carbocycles. The molecule has 3 rings (SSSR count). The molecule has 0 bridgehead atoms. The van der Waals surface area contributed by atoms with Crippen LogP contribution in [0.15, 0.2) is 45.3 Å². The first-order valence-electron chi connectivity index (χ1n) is 4.97. The molecule has 3 heteroatoms. The summed E-state index contributed by atoms with van der Waals surface area (Å²) >= 11 is 6.91. The van der Waals surface area contributed by atoms with Crippen molar-refractivity contribution in [1.82, 2.24) is 0 Å². The van der Waals surface area contributed by atoms with Gasteiger partial charge in [-0.1, -0.05) is 44.0 Å². The van der Waals surface area contributed by atoms with Crippen LogP contribution >= 0.6 is 31.9 Å². The summed E-state index contributed by atoms with van der Waals surface area (Å²) in [6.45, 7) is 0. The third-order valence-corrected chi connectivity index (χ3v) is 3.65. The van der Waals surface area contributed by atoms with Gasteiger partial charge < -0.3 is 4.74 Å². The van der Waals surface area contributed by atoms with E-state index in [2.05, 4.69) is 44.0 Å².